The van der Waals surface area contributed by atoms with Gasteiger partial charge in [0, 0.05) is 6.04 Å². The van der Waals surface area contributed by atoms with Gasteiger partial charge in [-0.05, 0) is 67.3 Å². The molecular weight excluding hydrogens is 268 g/mol. The summed E-state index contributed by atoms with van der Waals surface area (Å²) in [4.78, 5) is 0. The van der Waals surface area contributed by atoms with E-state index in [9.17, 15) is 8.78 Å². The zero-order chi connectivity index (χ0) is 15.2. The SMILES string of the molecule is CCCNC(Cc1ccc(F)cc1)c1cc(C)cc(F)c1. The molecule has 0 saturated heterocycles. The van der Waals surface area contributed by atoms with Crippen LogP contribution in [0.5, 0.6) is 0 Å². The summed E-state index contributed by atoms with van der Waals surface area (Å²) in [6.45, 7) is 4.85. The summed E-state index contributed by atoms with van der Waals surface area (Å²) >= 11 is 0. The van der Waals surface area contributed by atoms with E-state index in [0.717, 1.165) is 29.7 Å². The second-order valence-electron chi connectivity index (χ2n) is 5.40. The molecule has 2 aromatic carbocycles. The fourth-order valence-electron chi connectivity index (χ4n) is 2.45. The van der Waals surface area contributed by atoms with Gasteiger partial charge in [-0.3, -0.25) is 0 Å². The summed E-state index contributed by atoms with van der Waals surface area (Å²) in [6.07, 6.45) is 1.72. The van der Waals surface area contributed by atoms with E-state index in [0.29, 0.717) is 6.42 Å². The summed E-state index contributed by atoms with van der Waals surface area (Å²) in [6, 6.07) is 11.6. The molecule has 3 heteroatoms. The van der Waals surface area contributed by atoms with E-state index >= 15 is 0 Å². The van der Waals surface area contributed by atoms with Gasteiger partial charge >= 0.3 is 0 Å². The first-order valence-corrected chi connectivity index (χ1v) is 7.33. The fourth-order valence-corrected chi connectivity index (χ4v) is 2.45. The van der Waals surface area contributed by atoms with E-state index < -0.39 is 0 Å². The Morgan fingerprint density at radius 3 is 2.33 bits per heavy atom. The average molecular weight is 289 g/mol. The van der Waals surface area contributed by atoms with Crippen molar-refractivity contribution in [2.24, 2.45) is 0 Å². The molecule has 1 unspecified atom stereocenters. The second-order valence-corrected chi connectivity index (χ2v) is 5.40. The van der Waals surface area contributed by atoms with Crippen molar-refractivity contribution in [1.82, 2.24) is 5.32 Å². The maximum Gasteiger partial charge on any atom is 0.123 e. The van der Waals surface area contributed by atoms with Crippen molar-refractivity contribution in [1.29, 1.82) is 0 Å². The van der Waals surface area contributed by atoms with Crippen molar-refractivity contribution in [3.8, 4) is 0 Å². The summed E-state index contributed by atoms with van der Waals surface area (Å²) in [5, 5.41) is 3.44. The normalized spacial score (nSPS) is 12.4. The van der Waals surface area contributed by atoms with Gasteiger partial charge in [-0.25, -0.2) is 8.78 Å². The molecule has 112 valence electrons. The molecule has 21 heavy (non-hydrogen) atoms. The Labute approximate surface area is 125 Å². The first kappa shape index (κ1) is 15.6. The Morgan fingerprint density at radius 1 is 1.00 bits per heavy atom. The smallest absolute Gasteiger partial charge is 0.123 e. The van der Waals surface area contributed by atoms with Crippen molar-refractivity contribution in [3.05, 3.63) is 70.8 Å². The zero-order valence-electron chi connectivity index (χ0n) is 12.5. The number of nitrogens with one attached hydrogen (secondary N) is 1. The van der Waals surface area contributed by atoms with Crippen molar-refractivity contribution in [2.75, 3.05) is 6.54 Å². The first-order valence-electron chi connectivity index (χ1n) is 7.33. The first-order chi connectivity index (χ1) is 10.1. The molecule has 0 saturated carbocycles. The topological polar surface area (TPSA) is 12.0 Å². The average Bonchev–Trinajstić information content (AvgIpc) is 2.44. The minimum Gasteiger partial charge on any atom is -0.310 e. The largest absolute Gasteiger partial charge is 0.310 e. The molecular formula is C18H21F2N. The Morgan fingerprint density at radius 2 is 1.71 bits per heavy atom. The highest BCUT2D eigenvalue weighted by Crippen LogP contribution is 2.21. The lowest BCUT2D eigenvalue weighted by atomic mass is 9.97. The summed E-state index contributed by atoms with van der Waals surface area (Å²) in [5.41, 5.74) is 2.88. The molecule has 0 aliphatic rings. The third kappa shape index (κ3) is 4.64. The van der Waals surface area contributed by atoms with E-state index in [4.69, 9.17) is 0 Å². The maximum atomic E-state index is 13.6. The van der Waals surface area contributed by atoms with Gasteiger partial charge in [0.25, 0.3) is 0 Å². The number of aryl methyl sites for hydroxylation is 1. The van der Waals surface area contributed by atoms with Gasteiger partial charge < -0.3 is 5.32 Å². The van der Waals surface area contributed by atoms with Crippen LogP contribution in [0.3, 0.4) is 0 Å². The van der Waals surface area contributed by atoms with Crippen LogP contribution in [-0.4, -0.2) is 6.54 Å². The van der Waals surface area contributed by atoms with Gasteiger partial charge in [-0.2, -0.15) is 0 Å². The van der Waals surface area contributed by atoms with E-state index in [1.54, 1.807) is 18.2 Å². The van der Waals surface area contributed by atoms with Gasteiger partial charge in [0.2, 0.25) is 0 Å². The predicted octanol–water partition coefficient (Wildman–Crippen LogP) is 4.56. The predicted molar refractivity (Wildman–Crippen MR) is 82.3 cm³/mol. The molecule has 0 aliphatic heterocycles. The molecule has 2 rings (SSSR count). The molecule has 1 nitrogen and oxygen atoms in total. The molecule has 0 aromatic heterocycles. The summed E-state index contributed by atoms with van der Waals surface area (Å²) in [5.74, 6) is -0.453. The van der Waals surface area contributed by atoms with Crippen LogP contribution >= 0.6 is 0 Å². The number of hydrogen-bond acceptors (Lipinski definition) is 1. The number of rotatable bonds is 6. The van der Waals surface area contributed by atoms with Crippen LogP contribution < -0.4 is 5.32 Å². The highest BCUT2D eigenvalue weighted by Gasteiger charge is 2.13. The molecule has 0 spiro atoms. The van der Waals surface area contributed by atoms with Crippen LogP contribution in [0.4, 0.5) is 8.78 Å². The Kier molecular flexibility index (Phi) is 5.45. The Bertz CT molecular complexity index is 558. The third-order valence-electron chi connectivity index (χ3n) is 3.46. The molecule has 1 N–H and O–H groups in total. The number of benzene rings is 2. The van der Waals surface area contributed by atoms with Crippen molar-refractivity contribution >= 4 is 0 Å². The minimum atomic E-state index is -0.238. The molecule has 0 amide bonds. The highest BCUT2D eigenvalue weighted by molar-refractivity contribution is 5.28. The van der Waals surface area contributed by atoms with E-state index in [1.807, 2.05) is 13.0 Å². The van der Waals surface area contributed by atoms with E-state index in [2.05, 4.69) is 12.2 Å². The molecule has 0 bridgehead atoms. The van der Waals surface area contributed by atoms with Gasteiger partial charge in [0.1, 0.15) is 11.6 Å². The summed E-state index contributed by atoms with van der Waals surface area (Å²) < 4.78 is 26.6. The van der Waals surface area contributed by atoms with Crippen molar-refractivity contribution in [2.45, 2.75) is 32.7 Å². The van der Waals surface area contributed by atoms with Crippen molar-refractivity contribution < 1.29 is 8.78 Å². The molecule has 0 aliphatic carbocycles. The Balaban J connectivity index is 2.22. The lowest BCUT2D eigenvalue weighted by molar-refractivity contribution is 0.523. The van der Waals surface area contributed by atoms with Crippen LogP contribution in [0.1, 0.15) is 36.1 Å². The number of hydrogen-bond donors (Lipinski definition) is 1. The summed E-state index contributed by atoms with van der Waals surface area (Å²) in [7, 11) is 0. The van der Waals surface area contributed by atoms with Crippen LogP contribution in [0, 0.1) is 18.6 Å². The van der Waals surface area contributed by atoms with E-state index in [1.165, 1.54) is 18.2 Å². The van der Waals surface area contributed by atoms with Crippen LogP contribution in [0.2, 0.25) is 0 Å². The van der Waals surface area contributed by atoms with Gasteiger partial charge in [-0.1, -0.05) is 25.1 Å². The quantitative estimate of drug-likeness (QED) is 0.822. The van der Waals surface area contributed by atoms with E-state index in [-0.39, 0.29) is 17.7 Å². The zero-order valence-corrected chi connectivity index (χ0v) is 12.5. The van der Waals surface area contributed by atoms with Gasteiger partial charge in [0.05, 0.1) is 0 Å². The third-order valence-corrected chi connectivity index (χ3v) is 3.46. The highest BCUT2D eigenvalue weighted by atomic mass is 19.1. The molecule has 2 aromatic rings. The molecule has 0 fully saturated rings. The van der Waals surface area contributed by atoms with Crippen LogP contribution in [-0.2, 0) is 6.42 Å². The minimum absolute atomic E-state index is 0.0322. The van der Waals surface area contributed by atoms with Crippen LogP contribution in [0.15, 0.2) is 42.5 Å². The Hall–Kier alpha value is -1.74. The van der Waals surface area contributed by atoms with Gasteiger partial charge in [0.15, 0.2) is 0 Å². The standard InChI is InChI=1S/C18H21F2N/c1-3-8-21-18(11-14-4-6-16(19)7-5-14)15-9-13(2)10-17(20)12-15/h4-7,9-10,12,18,21H,3,8,11H2,1-2H3. The second kappa shape index (κ2) is 7.32. The van der Waals surface area contributed by atoms with Gasteiger partial charge in [-0.15, -0.1) is 0 Å². The van der Waals surface area contributed by atoms with Crippen LogP contribution in [0.25, 0.3) is 0 Å². The fraction of sp³-hybridized carbons (Fsp3) is 0.333. The number of halogens is 2. The maximum absolute atomic E-state index is 13.6. The monoisotopic (exact) mass is 289 g/mol. The van der Waals surface area contributed by atoms with Crippen molar-refractivity contribution in [3.63, 3.8) is 0 Å². The lowest BCUT2D eigenvalue weighted by Crippen LogP contribution is -2.24. The molecule has 0 heterocycles. The molecule has 0 radical (unpaired) electrons. The molecule has 1 atom stereocenters. The lowest BCUT2D eigenvalue weighted by Gasteiger charge is -2.20.